The second kappa shape index (κ2) is 4.80. The van der Waals surface area contributed by atoms with Crippen LogP contribution >= 0.6 is 11.6 Å². The van der Waals surface area contributed by atoms with Crippen molar-refractivity contribution in [3.8, 4) is 11.4 Å². The van der Waals surface area contributed by atoms with Crippen LogP contribution in [-0.2, 0) is 6.54 Å². The van der Waals surface area contributed by atoms with Crippen molar-refractivity contribution >= 4 is 28.3 Å². The molecule has 0 amide bonds. The molecule has 0 spiro atoms. The smallest absolute Gasteiger partial charge is 0.146 e. The van der Waals surface area contributed by atoms with Gasteiger partial charge in [0, 0.05) is 12.1 Å². The molecule has 0 aliphatic rings. The fraction of sp³-hybridized carbons (Fsp3) is 0.133. The van der Waals surface area contributed by atoms with Crippen molar-refractivity contribution in [2.45, 2.75) is 13.5 Å². The number of imidazole rings is 1. The molecular formula is C15H13ClFN3. The molecule has 3 rings (SSSR count). The first-order valence-corrected chi connectivity index (χ1v) is 6.70. The maximum absolute atomic E-state index is 13.6. The Labute approximate surface area is 120 Å². The zero-order valence-corrected chi connectivity index (χ0v) is 11.7. The van der Waals surface area contributed by atoms with Crippen LogP contribution in [0, 0.1) is 5.82 Å². The Morgan fingerprint density at radius 1 is 1.25 bits per heavy atom. The molecule has 0 bridgehead atoms. The lowest BCUT2D eigenvalue weighted by Crippen LogP contribution is -2.01. The van der Waals surface area contributed by atoms with Crippen LogP contribution in [0.4, 0.5) is 10.1 Å². The predicted octanol–water partition coefficient (Wildman–Crippen LogP) is 4.10. The second-order valence-electron chi connectivity index (χ2n) is 4.49. The average molecular weight is 290 g/mol. The number of anilines is 1. The first-order valence-electron chi connectivity index (χ1n) is 6.32. The lowest BCUT2D eigenvalue weighted by molar-refractivity contribution is 0.632. The molecule has 2 N–H and O–H groups in total. The summed E-state index contributed by atoms with van der Waals surface area (Å²) in [4.78, 5) is 4.55. The minimum absolute atomic E-state index is 0.105. The van der Waals surface area contributed by atoms with Crippen LogP contribution < -0.4 is 5.73 Å². The molecule has 0 saturated heterocycles. The van der Waals surface area contributed by atoms with Crippen LogP contribution in [0.25, 0.3) is 22.4 Å². The SMILES string of the molecule is CCn1c(-c2cccc(F)c2N)nc2cccc(Cl)c21. The fourth-order valence-corrected chi connectivity index (χ4v) is 2.66. The molecule has 0 unspecified atom stereocenters. The highest BCUT2D eigenvalue weighted by Gasteiger charge is 2.16. The average Bonchev–Trinajstić information content (AvgIpc) is 2.81. The molecule has 3 nitrogen and oxygen atoms in total. The number of nitrogens with zero attached hydrogens (tertiary/aromatic N) is 2. The number of rotatable bonds is 2. The maximum atomic E-state index is 13.6. The third-order valence-electron chi connectivity index (χ3n) is 3.33. The van der Waals surface area contributed by atoms with Crippen molar-refractivity contribution in [2.75, 3.05) is 5.73 Å². The highest BCUT2D eigenvalue weighted by atomic mass is 35.5. The van der Waals surface area contributed by atoms with Gasteiger partial charge >= 0.3 is 0 Å². The van der Waals surface area contributed by atoms with Gasteiger partial charge in [-0.25, -0.2) is 9.37 Å². The summed E-state index contributed by atoms with van der Waals surface area (Å²) in [5.41, 5.74) is 8.14. The first-order chi connectivity index (χ1) is 9.63. The molecule has 0 radical (unpaired) electrons. The third kappa shape index (κ3) is 1.84. The maximum Gasteiger partial charge on any atom is 0.146 e. The minimum Gasteiger partial charge on any atom is -0.396 e. The minimum atomic E-state index is -0.441. The van der Waals surface area contributed by atoms with E-state index in [1.165, 1.54) is 6.07 Å². The molecule has 0 aliphatic carbocycles. The zero-order chi connectivity index (χ0) is 14.3. The number of aromatic nitrogens is 2. The molecule has 5 heteroatoms. The number of fused-ring (bicyclic) bond motifs is 1. The highest BCUT2D eigenvalue weighted by molar-refractivity contribution is 6.35. The van der Waals surface area contributed by atoms with Gasteiger partial charge in [0.15, 0.2) is 0 Å². The van der Waals surface area contributed by atoms with E-state index in [1.54, 1.807) is 12.1 Å². The lowest BCUT2D eigenvalue weighted by atomic mass is 10.1. The molecular weight excluding hydrogens is 277 g/mol. The predicted molar refractivity (Wildman–Crippen MR) is 80.2 cm³/mol. The zero-order valence-electron chi connectivity index (χ0n) is 10.9. The van der Waals surface area contributed by atoms with E-state index < -0.39 is 5.82 Å². The van der Waals surface area contributed by atoms with Gasteiger partial charge in [0.1, 0.15) is 11.6 Å². The van der Waals surface area contributed by atoms with Crippen molar-refractivity contribution in [3.05, 3.63) is 47.2 Å². The molecule has 0 atom stereocenters. The topological polar surface area (TPSA) is 43.8 Å². The van der Waals surface area contributed by atoms with Crippen LogP contribution in [0.1, 0.15) is 6.92 Å². The number of aryl methyl sites for hydroxylation is 1. The van der Waals surface area contributed by atoms with Gasteiger partial charge in [-0.2, -0.15) is 0 Å². The summed E-state index contributed by atoms with van der Waals surface area (Å²) in [6.45, 7) is 2.66. The van der Waals surface area contributed by atoms with Crippen molar-refractivity contribution < 1.29 is 4.39 Å². The summed E-state index contributed by atoms with van der Waals surface area (Å²) in [6.07, 6.45) is 0. The van der Waals surface area contributed by atoms with Crippen LogP contribution in [0.5, 0.6) is 0 Å². The summed E-state index contributed by atoms with van der Waals surface area (Å²) >= 11 is 6.25. The van der Waals surface area contributed by atoms with E-state index in [0.29, 0.717) is 23.0 Å². The highest BCUT2D eigenvalue weighted by Crippen LogP contribution is 2.32. The van der Waals surface area contributed by atoms with Crippen LogP contribution in [0.3, 0.4) is 0 Å². The van der Waals surface area contributed by atoms with E-state index in [2.05, 4.69) is 4.98 Å². The van der Waals surface area contributed by atoms with Gasteiger partial charge < -0.3 is 10.3 Å². The van der Waals surface area contributed by atoms with Gasteiger partial charge in [0.25, 0.3) is 0 Å². The van der Waals surface area contributed by atoms with Gasteiger partial charge in [-0.3, -0.25) is 0 Å². The molecule has 0 fully saturated rings. The van der Waals surface area contributed by atoms with E-state index in [4.69, 9.17) is 17.3 Å². The number of nitrogen functional groups attached to an aromatic ring is 1. The van der Waals surface area contributed by atoms with Crippen molar-refractivity contribution in [1.29, 1.82) is 0 Å². The Kier molecular flexibility index (Phi) is 3.10. The molecule has 2 aromatic carbocycles. The standard InChI is InChI=1S/C15H13ClFN3/c1-2-20-14-10(16)6-4-8-12(14)19-15(20)9-5-3-7-11(17)13(9)18/h3-8H,2,18H2,1H3. The van der Waals surface area contributed by atoms with E-state index in [9.17, 15) is 4.39 Å². The van der Waals surface area contributed by atoms with E-state index in [0.717, 1.165) is 11.0 Å². The molecule has 3 aromatic rings. The largest absolute Gasteiger partial charge is 0.396 e. The number of benzene rings is 2. The number of hydrogen-bond donors (Lipinski definition) is 1. The van der Waals surface area contributed by atoms with Gasteiger partial charge in [-0.15, -0.1) is 0 Å². The van der Waals surface area contributed by atoms with E-state index in [-0.39, 0.29) is 5.69 Å². The summed E-state index contributed by atoms with van der Waals surface area (Å²) in [5.74, 6) is 0.191. The Morgan fingerprint density at radius 2 is 2.00 bits per heavy atom. The summed E-state index contributed by atoms with van der Waals surface area (Å²) in [6, 6.07) is 10.3. The Bertz CT molecular complexity index is 795. The molecule has 102 valence electrons. The molecule has 0 aliphatic heterocycles. The van der Waals surface area contributed by atoms with Gasteiger partial charge in [-0.05, 0) is 31.2 Å². The summed E-state index contributed by atoms with van der Waals surface area (Å²) in [5, 5.41) is 0.623. The summed E-state index contributed by atoms with van der Waals surface area (Å²) < 4.78 is 15.6. The molecule has 1 aromatic heterocycles. The van der Waals surface area contributed by atoms with Gasteiger partial charge in [-0.1, -0.05) is 23.7 Å². The third-order valence-corrected chi connectivity index (χ3v) is 3.63. The van der Waals surface area contributed by atoms with Crippen molar-refractivity contribution in [1.82, 2.24) is 9.55 Å². The quantitative estimate of drug-likeness (QED) is 0.722. The monoisotopic (exact) mass is 289 g/mol. The van der Waals surface area contributed by atoms with E-state index >= 15 is 0 Å². The number of para-hydroxylation sites is 2. The van der Waals surface area contributed by atoms with Gasteiger partial charge in [0.2, 0.25) is 0 Å². The normalized spacial score (nSPS) is 11.2. The van der Waals surface area contributed by atoms with Crippen LogP contribution in [-0.4, -0.2) is 9.55 Å². The molecule has 20 heavy (non-hydrogen) atoms. The molecule has 1 heterocycles. The fourth-order valence-electron chi connectivity index (χ4n) is 2.39. The van der Waals surface area contributed by atoms with E-state index in [1.807, 2.05) is 29.7 Å². The van der Waals surface area contributed by atoms with Crippen LogP contribution in [0.2, 0.25) is 5.02 Å². The molecule has 0 saturated carbocycles. The van der Waals surface area contributed by atoms with Crippen molar-refractivity contribution in [3.63, 3.8) is 0 Å². The van der Waals surface area contributed by atoms with Crippen molar-refractivity contribution in [2.24, 2.45) is 0 Å². The summed E-state index contributed by atoms with van der Waals surface area (Å²) in [7, 11) is 0. The Balaban J connectivity index is 2.37. The Morgan fingerprint density at radius 3 is 2.75 bits per heavy atom. The van der Waals surface area contributed by atoms with Crippen LogP contribution in [0.15, 0.2) is 36.4 Å². The first kappa shape index (κ1) is 12.9. The second-order valence-corrected chi connectivity index (χ2v) is 4.90. The van der Waals surface area contributed by atoms with Gasteiger partial charge in [0.05, 0.1) is 21.7 Å². The number of hydrogen-bond acceptors (Lipinski definition) is 2. The number of halogens is 2. The lowest BCUT2D eigenvalue weighted by Gasteiger charge is -2.09. The number of nitrogens with two attached hydrogens (primary N) is 1. The Hall–Kier alpha value is -2.07.